The van der Waals surface area contributed by atoms with Gasteiger partial charge >= 0.3 is 0 Å². The first kappa shape index (κ1) is 15.8. The Morgan fingerprint density at radius 3 is 2.75 bits per heavy atom. The van der Waals surface area contributed by atoms with E-state index in [-0.39, 0.29) is 5.91 Å². The molecule has 2 rings (SSSR count). The molecule has 2 unspecified atom stereocenters. The van der Waals surface area contributed by atoms with E-state index in [2.05, 4.69) is 21.2 Å². The van der Waals surface area contributed by atoms with Crippen LogP contribution < -0.4 is 5.32 Å². The Morgan fingerprint density at radius 1 is 1.35 bits per heavy atom. The number of carbonyl (C=O) groups excluding carboxylic acids is 1. The number of alkyl halides is 1. The standard InChI is InChI=1S/C15H18BrClFNO/c16-14-6-5-12(18)7-13(14)15(20)19-9-11-4-2-1-3-10(11)8-17/h5-7,10-11H,1-4,8-9H2,(H,19,20). The molecule has 0 heterocycles. The van der Waals surface area contributed by atoms with Gasteiger partial charge in [-0.15, -0.1) is 11.6 Å². The predicted molar refractivity (Wildman–Crippen MR) is 82.6 cm³/mol. The molecule has 1 aromatic carbocycles. The monoisotopic (exact) mass is 361 g/mol. The van der Waals surface area contributed by atoms with Crippen LogP contribution in [0, 0.1) is 17.7 Å². The topological polar surface area (TPSA) is 29.1 Å². The summed E-state index contributed by atoms with van der Waals surface area (Å²) >= 11 is 9.26. The Morgan fingerprint density at radius 2 is 2.05 bits per heavy atom. The number of rotatable bonds is 4. The van der Waals surface area contributed by atoms with Crippen molar-refractivity contribution in [1.82, 2.24) is 5.32 Å². The minimum Gasteiger partial charge on any atom is -0.352 e. The van der Waals surface area contributed by atoms with Crippen LogP contribution >= 0.6 is 27.5 Å². The largest absolute Gasteiger partial charge is 0.352 e. The van der Waals surface area contributed by atoms with Gasteiger partial charge in [0.25, 0.3) is 5.91 Å². The van der Waals surface area contributed by atoms with E-state index in [1.54, 1.807) is 6.07 Å². The molecule has 0 radical (unpaired) electrons. The van der Waals surface area contributed by atoms with Crippen molar-refractivity contribution < 1.29 is 9.18 Å². The molecule has 1 amide bonds. The van der Waals surface area contributed by atoms with E-state index in [9.17, 15) is 9.18 Å². The number of carbonyl (C=O) groups is 1. The maximum atomic E-state index is 13.2. The summed E-state index contributed by atoms with van der Waals surface area (Å²) in [6.45, 7) is 0.610. The van der Waals surface area contributed by atoms with Crippen molar-refractivity contribution >= 4 is 33.4 Å². The minimum atomic E-state index is -0.408. The maximum absolute atomic E-state index is 13.2. The van der Waals surface area contributed by atoms with Gasteiger partial charge in [0.05, 0.1) is 5.56 Å². The molecular formula is C15H18BrClFNO. The molecule has 1 aliphatic rings. The lowest BCUT2D eigenvalue weighted by Crippen LogP contribution is -2.35. The first-order valence-corrected chi connectivity index (χ1v) is 8.23. The highest BCUT2D eigenvalue weighted by Crippen LogP contribution is 2.30. The summed E-state index contributed by atoms with van der Waals surface area (Å²) in [5.74, 6) is 0.897. The van der Waals surface area contributed by atoms with Crippen LogP contribution in [-0.2, 0) is 0 Å². The molecule has 1 N–H and O–H groups in total. The van der Waals surface area contributed by atoms with E-state index in [0.29, 0.717) is 34.3 Å². The van der Waals surface area contributed by atoms with Gasteiger partial charge < -0.3 is 5.32 Å². The van der Waals surface area contributed by atoms with Crippen molar-refractivity contribution in [3.63, 3.8) is 0 Å². The lowest BCUT2D eigenvalue weighted by atomic mass is 9.80. The summed E-state index contributed by atoms with van der Waals surface area (Å²) in [6, 6.07) is 4.12. The predicted octanol–water partition coefficient (Wildman–Crippen LogP) is 4.36. The number of hydrogen-bond acceptors (Lipinski definition) is 1. The van der Waals surface area contributed by atoms with Gasteiger partial charge in [-0.25, -0.2) is 4.39 Å². The molecule has 1 aliphatic carbocycles. The van der Waals surface area contributed by atoms with Crippen molar-refractivity contribution in [3.8, 4) is 0 Å². The van der Waals surface area contributed by atoms with Gasteiger partial charge in [0, 0.05) is 16.9 Å². The average molecular weight is 363 g/mol. The zero-order valence-corrected chi connectivity index (χ0v) is 13.5. The van der Waals surface area contributed by atoms with Crippen molar-refractivity contribution in [2.75, 3.05) is 12.4 Å². The van der Waals surface area contributed by atoms with Crippen LogP contribution in [0.3, 0.4) is 0 Å². The van der Waals surface area contributed by atoms with Crippen LogP contribution in [0.25, 0.3) is 0 Å². The van der Waals surface area contributed by atoms with E-state index in [4.69, 9.17) is 11.6 Å². The van der Waals surface area contributed by atoms with Gasteiger partial charge in [0.1, 0.15) is 5.82 Å². The van der Waals surface area contributed by atoms with Crippen LogP contribution in [0.15, 0.2) is 22.7 Å². The zero-order valence-electron chi connectivity index (χ0n) is 11.2. The van der Waals surface area contributed by atoms with Crippen LogP contribution in [0.2, 0.25) is 0 Å². The van der Waals surface area contributed by atoms with E-state index in [1.165, 1.54) is 25.0 Å². The second-order valence-corrected chi connectivity index (χ2v) is 6.46. The first-order chi connectivity index (χ1) is 9.61. The molecule has 0 bridgehead atoms. The van der Waals surface area contributed by atoms with Crippen LogP contribution in [-0.4, -0.2) is 18.3 Å². The second-order valence-electron chi connectivity index (χ2n) is 5.29. The van der Waals surface area contributed by atoms with E-state index < -0.39 is 5.82 Å². The molecule has 1 aromatic rings. The summed E-state index contributed by atoms with van der Waals surface area (Å²) in [5, 5.41) is 2.91. The Bertz CT molecular complexity index is 483. The van der Waals surface area contributed by atoms with Gasteiger partial charge in [0.15, 0.2) is 0 Å². The highest BCUT2D eigenvalue weighted by atomic mass is 79.9. The molecule has 2 nitrogen and oxygen atoms in total. The van der Waals surface area contributed by atoms with E-state index in [1.807, 2.05) is 0 Å². The molecule has 0 spiro atoms. The molecule has 0 saturated heterocycles. The smallest absolute Gasteiger partial charge is 0.252 e. The third-order valence-electron chi connectivity index (χ3n) is 3.96. The Balaban J connectivity index is 1.96. The zero-order chi connectivity index (χ0) is 14.5. The Hall–Kier alpha value is -0.610. The molecular weight excluding hydrogens is 345 g/mol. The highest BCUT2D eigenvalue weighted by Gasteiger charge is 2.25. The summed E-state index contributed by atoms with van der Waals surface area (Å²) < 4.78 is 13.8. The first-order valence-electron chi connectivity index (χ1n) is 6.91. The van der Waals surface area contributed by atoms with Crippen LogP contribution in [0.1, 0.15) is 36.0 Å². The molecule has 5 heteroatoms. The van der Waals surface area contributed by atoms with Gasteiger partial charge in [-0.3, -0.25) is 4.79 Å². The van der Waals surface area contributed by atoms with Gasteiger partial charge in [-0.05, 0) is 58.8 Å². The maximum Gasteiger partial charge on any atom is 0.252 e. The van der Waals surface area contributed by atoms with Crippen molar-refractivity contribution in [1.29, 1.82) is 0 Å². The quantitative estimate of drug-likeness (QED) is 0.792. The summed E-state index contributed by atoms with van der Waals surface area (Å²) in [6.07, 6.45) is 4.64. The lowest BCUT2D eigenvalue weighted by Gasteiger charge is -2.30. The Kier molecular flexibility index (Phi) is 5.85. The van der Waals surface area contributed by atoms with Crippen molar-refractivity contribution in [2.24, 2.45) is 11.8 Å². The highest BCUT2D eigenvalue weighted by molar-refractivity contribution is 9.10. The molecule has 2 atom stereocenters. The van der Waals surface area contributed by atoms with Crippen molar-refractivity contribution in [3.05, 3.63) is 34.1 Å². The number of hydrogen-bond donors (Lipinski definition) is 1. The lowest BCUT2D eigenvalue weighted by molar-refractivity contribution is 0.0935. The Labute approximate surface area is 132 Å². The number of benzene rings is 1. The molecule has 0 aromatic heterocycles. The van der Waals surface area contributed by atoms with Gasteiger partial charge in [-0.2, -0.15) is 0 Å². The molecule has 0 aliphatic heterocycles. The fourth-order valence-corrected chi connectivity index (χ4v) is 3.58. The third-order valence-corrected chi connectivity index (χ3v) is 5.05. The molecule has 1 fully saturated rings. The van der Waals surface area contributed by atoms with Gasteiger partial charge in [-0.1, -0.05) is 12.8 Å². The normalized spacial score (nSPS) is 22.6. The number of nitrogens with one attached hydrogen (secondary N) is 1. The third kappa shape index (κ3) is 3.95. The summed E-state index contributed by atoms with van der Waals surface area (Å²) in [5.41, 5.74) is 0.336. The number of amides is 1. The minimum absolute atomic E-state index is 0.240. The number of halogens is 3. The van der Waals surface area contributed by atoms with Crippen molar-refractivity contribution in [2.45, 2.75) is 25.7 Å². The fraction of sp³-hybridized carbons (Fsp3) is 0.533. The summed E-state index contributed by atoms with van der Waals surface area (Å²) in [4.78, 5) is 12.1. The van der Waals surface area contributed by atoms with Crippen LogP contribution in [0.5, 0.6) is 0 Å². The molecule has 110 valence electrons. The van der Waals surface area contributed by atoms with E-state index in [0.717, 1.165) is 12.8 Å². The van der Waals surface area contributed by atoms with E-state index >= 15 is 0 Å². The fourth-order valence-electron chi connectivity index (χ4n) is 2.75. The average Bonchev–Trinajstić information content (AvgIpc) is 2.47. The molecule has 20 heavy (non-hydrogen) atoms. The SMILES string of the molecule is O=C(NCC1CCCCC1CCl)c1cc(F)ccc1Br. The van der Waals surface area contributed by atoms with Gasteiger partial charge in [0.2, 0.25) is 0 Å². The molecule has 1 saturated carbocycles. The second kappa shape index (κ2) is 7.41. The van der Waals surface area contributed by atoms with Crippen LogP contribution in [0.4, 0.5) is 4.39 Å². The summed E-state index contributed by atoms with van der Waals surface area (Å²) in [7, 11) is 0.